The summed E-state index contributed by atoms with van der Waals surface area (Å²) in [5.74, 6) is 1.05. The minimum atomic E-state index is -0.450. The molecule has 2 aromatic carbocycles. The van der Waals surface area contributed by atoms with E-state index in [0.717, 1.165) is 77.6 Å². The largest absolute Gasteiger partial charge is 0.369 e. The van der Waals surface area contributed by atoms with E-state index in [1.807, 2.05) is 24.3 Å². The van der Waals surface area contributed by atoms with Gasteiger partial charge in [-0.15, -0.1) is 10.2 Å². The Kier molecular flexibility index (Phi) is 11.7. The summed E-state index contributed by atoms with van der Waals surface area (Å²) in [5, 5.41) is 23.7. The highest BCUT2D eigenvalue weighted by molar-refractivity contribution is 5.88. The number of nitrogens with two attached hydrogens (primary N) is 1. The van der Waals surface area contributed by atoms with Gasteiger partial charge >= 0.3 is 0 Å². The van der Waals surface area contributed by atoms with Gasteiger partial charge in [0.05, 0.1) is 32.4 Å². The average molecular weight is 655 g/mol. The molecule has 0 spiro atoms. The SMILES string of the molecule is CN(CCCNC(=O)CNC(=O)CNC(=O)CN)CCCNc1nc(Cc2ccccc2)nc2c1-c1ccc(-c3nnn(C)n3)cc1C2. The second kappa shape index (κ2) is 16.5. The molecular formula is C33H42N12O3. The lowest BCUT2D eigenvalue weighted by molar-refractivity contribution is -0.127. The molecule has 252 valence electrons. The summed E-state index contributed by atoms with van der Waals surface area (Å²) in [7, 11) is 3.81. The first-order chi connectivity index (χ1) is 23.3. The van der Waals surface area contributed by atoms with Crippen LogP contribution in [0.5, 0.6) is 0 Å². The van der Waals surface area contributed by atoms with Crippen LogP contribution >= 0.6 is 0 Å². The van der Waals surface area contributed by atoms with E-state index in [-0.39, 0.29) is 25.5 Å². The Morgan fingerprint density at radius 2 is 1.65 bits per heavy atom. The quantitative estimate of drug-likeness (QED) is 0.0863. The first-order valence-corrected chi connectivity index (χ1v) is 16.0. The third-order valence-corrected chi connectivity index (χ3v) is 7.86. The van der Waals surface area contributed by atoms with Crippen LogP contribution in [-0.4, -0.2) is 106 Å². The molecule has 2 heterocycles. The van der Waals surface area contributed by atoms with Crippen LogP contribution in [0, 0.1) is 0 Å². The number of amides is 3. The summed E-state index contributed by atoms with van der Waals surface area (Å²) in [5.41, 5.74) is 11.6. The molecule has 48 heavy (non-hydrogen) atoms. The number of tetrazole rings is 1. The van der Waals surface area contributed by atoms with Gasteiger partial charge in [-0.2, -0.15) is 4.80 Å². The molecule has 0 radical (unpaired) electrons. The van der Waals surface area contributed by atoms with Crippen molar-refractivity contribution in [3.8, 4) is 22.5 Å². The van der Waals surface area contributed by atoms with Crippen molar-refractivity contribution in [1.29, 1.82) is 0 Å². The number of carbonyl (C=O) groups excluding carboxylic acids is 3. The lowest BCUT2D eigenvalue weighted by Gasteiger charge is -2.18. The Labute approximate surface area is 279 Å². The number of nitrogens with zero attached hydrogens (tertiary/aromatic N) is 7. The zero-order valence-corrected chi connectivity index (χ0v) is 27.3. The summed E-state index contributed by atoms with van der Waals surface area (Å²) >= 11 is 0. The van der Waals surface area contributed by atoms with Gasteiger partial charge in [-0.25, -0.2) is 9.97 Å². The standard InChI is InChI=1S/C33H42N12O3/c1-44(14-6-12-35-29(47)20-38-30(48)21-37-28(46)19-34)15-7-13-36-33-31-25-11-10-23(32-41-43-45(2)42-32)17-24(25)18-26(31)39-27(40-33)16-22-8-4-3-5-9-22/h3-5,8-11,17H,6-7,12-16,18-21,34H2,1-2H3,(H,35,47)(H,37,46)(H,38,48)(H,36,39,40). The molecule has 0 atom stereocenters. The minimum Gasteiger partial charge on any atom is -0.369 e. The monoisotopic (exact) mass is 654 g/mol. The van der Waals surface area contributed by atoms with Crippen molar-refractivity contribution in [2.45, 2.75) is 25.7 Å². The molecule has 0 bridgehead atoms. The van der Waals surface area contributed by atoms with Gasteiger partial charge in [0.25, 0.3) is 0 Å². The molecule has 15 nitrogen and oxygen atoms in total. The first kappa shape index (κ1) is 34.1. The molecule has 0 unspecified atom stereocenters. The van der Waals surface area contributed by atoms with Gasteiger partial charge in [0, 0.05) is 37.1 Å². The molecule has 1 aliphatic carbocycles. The number of aryl methyl sites for hydroxylation is 1. The number of rotatable bonds is 17. The predicted octanol–water partition coefficient (Wildman–Crippen LogP) is 0.260. The minimum absolute atomic E-state index is 0.150. The van der Waals surface area contributed by atoms with Crippen molar-refractivity contribution in [3.63, 3.8) is 0 Å². The van der Waals surface area contributed by atoms with Gasteiger partial charge in [-0.05, 0) is 60.9 Å². The van der Waals surface area contributed by atoms with Gasteiger partial charge in [-0.1, -0.05) is 42.5 Å². The van der Waals surface area contributed by atoms with Gasteiger partial charge in [0.1, 0.15) is 11.6 Å². The van der Waals surface area contributed by atoms with Crippen LogP contribution in [0.4, 0.5) is 5.82 Å². The maximum absolute atomic E-state index is 12.0. The Bertz CT molecular complexity index is 1730. The summed E-state index contributed by atoms with van der Waals surface area (Å²) in [4.78, 5) is 48.5. The average Bonchev–Trinajstić information content (AvgIpc) is 3.69. The number of aromatic nitrogens is 6. The van der Waals surface area contributed by atoms with E-state index >= 15 is 0 Å². The zero-order chi connectivity index (χ0) is 33.9. The van der Waals surface area contributed by atoms with Gasteiger partial charge < -0.3 is 31.9 Å². The molecule has 3 amide bonds. The highest BCUT2D eigenvalue weighted by Gasteiger charge is 2.26. The fourth-order valence-electron chi connectivity index (χ4n) is 5.46. The fourth-order valence-corrected chi connectivity index (χ4v) is 5.46. The highest BCUT2D eigenvalue weighted by atomic mass is 16.2. The van der Waals surface area contributed by atoms with Crippen LogP contribution in [0.2, 0.25) is 0 Å². The lowest BCUT2D eigenvalue weighted by Crippen LogP contribution is -2.43. The van der Waals surface area contributed by atoms with Crippen LogP contribution in [0.15, 0.2) is 48.5 Å². The first-order valence-electron chi connectivity index (χ1n) is 16.0. The highest BCUT2D eigenvalue weighted by Crippen LogP contribution is 2.41. The molecule has 2 aromatic heterocycles. The molecule has 0 fully saturated rings. The van der Waals surface area contributed by atoms with Crippen LogP contribution in [0.3, 0.4) is 0 Å². The van der Waals surface area contributed by atoms with Crippen LogP contribution in [0.25, 0.3) is 22.5 Å². The number of hydrogen-bond acceptors (Lipinski definition) is 11. The van der Waals surface area contributed by atoms with Gasteiger partial charge in [0.2, 0.25) is 23.5 Å². The van der Waals surface area contributed by atoms with E-state index in [9.17, 15) is 14.4 Å². The summed E-state index contributed by atoms with van der Waals surface area (Å²) in [6.07, 6.45) is 3.01. The topological polar surface area (TPSA) is 198 Å². The van der Waals surface area contributed by atoms with Crippen molar-refractivity contribution in [1.82, 2.24) is 51.0 Å². The Hall–Kier alpha value is -5.28. The lowest BCUT2D eigenvalue weighted by atomic mass is 10.0. The molecule has 0 aliphatic heterocycles. The van der Waals surface area contributed by atoms with Crippen molar-refractivity contribution in [3.05, 3.63) is 71.2 Å². The van der Waals surface area contributed by atoms with Crippen LogP contribution < -0.4 is 27.0 Å². The zero-order valence-electron chi connectivity index (χ0n) is 27.3. The van der Waals surface area contributed by atoms with Gasteiger partial charge in [0.15, 0.2) is 0 Å². The number of hydrogen-bond donors (Lipinski definition) is 5. The van der Waals surface area contributed by atoms with E-state index in [1.54, 1.807) is 7.05 Å². The van der Waals surface area contributed by atoms with E-state index in [4.69, 9.17) is 15.7 Å². The van der Waals surface area contributed by atoms with E-state index < -0.39 is 11.8 Å². The number of benzene rings is 2. The predicted molar refractivity (Wildman–Crippen MR) is 181 cm³/mol. The van der Waals surface area contributed by atoms with Crippen molar-refractivity contribution < 1.29 is 14.4 Å². The number of nitrogens with one attached hydrogen (secondary N) is 4. The summed E-state index contributed by atoms with van der Waals surface area (Å²) in [6.45, 7) is 2.33. The Balaban J connectivity index is 1.11. The summed E-state index contributed by atoms with van der Waals surface area (Å²) < 4.78 is 0. The molecular weight excluding hydrogens is 612 g/mol. The van der Waals surface area contributed by atoms with E-state index in [2.05, 4.69) is 72.9 Å². The second-order valence-electron chi connectivity index (χ2n) is 11.7. The second-order valence-corrected chi connectivity index (χ2v) is 11.7. The maximum Gasteiger partial charge on any atom is 0.239 e. The van der Waals surface area contributed by atoms with Crippen molar-refractivity contribution in [2.24, 2.45) is 12.8 Å². The summed E-state index contributed by atoms with van der Waals surface area (Å²) in [6, 6.07) is 16.5. The fraction of sp³-hybridized carbons (Fsp3) is 0.394. The number of anilines is 1. The molecule has 4 aromatic rings. The normalized spacial score (nSPS) is 11.6. The molecule has 0 saturated heterocycles. The molecule has 15 heteroatoms. The Morgan fingerprint density at radius 3 is 2.38 bits per heavy atom. The van der Waals surface area contributed by atoms with Crippen molar-refractivity contribution in [2.75, 3.05) is 58.2 Å². The van der Waals surface area contributed by atoms with Crippen LogP contribution in [-0.2, 0) is 34.3 Å². The van der Waals surface area contributed by atoms with E-state index in [0.29, 0.717) is 25.2 Å². The van der Waals surface area contributed by atoms with Gasteiger partial charge in [-0.3, -0.25) is 14.4 Å². The van der Waals surface area contributed by atoms with Crippen LogP contribution in [0.1, 0.15) is 35.5 Å². The van der Waals surface area contributed by atoms with E-state index in [1.165, 1.54) is 4.80 Å². The maximum atomic E-state index is 12.0. The molecule has 6 N–H and O–H groups in total. The molecule has 0 saturated carbocycles. The molecule has 5 rings (SSSR count). The number of fused-ring (bicyclic) bond motifs is 3. The molecule has 1 aliphatic rings. The number of carbonyl (C=O) groups is 3. The smallest absolute Gasteiger partial charge is 0.239 e. The third-order valence-electron chi connectivity index (χ3n) is 7.86. The third kappa shape index (κ3) is 9.39. The Morgan fingerprint density at radius 1 is 0.917 bits per heavy atom. The van der Waals surface area contributed by atoms with Crippen molar-refractivity contribution >= 4 is 23.5 Å².